The lowest BCUT2D eigenvalue weighted by Crippen LogP contribution is -2.33. The van der Waals surface area contributed by atoms with Gasteiger partial charge in [-0.15, -0.1) is 0 Å². The molecule has 2 rings (SSSR count). The first-order chi connectivity index (χ1) is 11.8. The van der Waals surface area contributed by atoms with E-state index in [1.54, 1.807) is 4.57 Å². The number of hydrogen-bond acceptors (Lipinski definition) is 10. The van der Waals surface area contributed by atoms with Gasteiger partial charge in [-0.25, -0.2) is 15.0 Å². The summed E-state index contributed by atoms with van der Waals surface area (Å²) in [6, 6.07) is 0. The van der Waals surface area contributed by atoms with Crippen LogP contribution in [-0.4, -0.2) is 78.1 Å². The topological polar surface area (TPSA) is 186 Å². The molecule has 0 radical (unpaired) electrons. The quantitative estimate of drug-likeness (QED) is 0.235. The van der Waals surface area contributed by atoms with Crippen molar-refractivity contribution in [2.75, 3.05) is 31.9 Å². The molecule has 3 unspecified atom stereocenters. The Kier molecular flexibility index (Phi) is 6.79. The van der Waals surface area contributed by atoms with E-state index in [0.717, 1.165) is 0 Å². The summed E-state index contributed by atoms with van der Waals surface area (Å²) in [5, 5.41) is 27.1. The second-order valence-corrected chi connectivity index (χ2v) is 6.95. The van der Waals surface area contributed by atoms with Crippen molar-refractivity contribution in [1.29, 1.82) is 0 Å². The van der Waals surface area contributed by atoms with E-state index in [1.165, 1.54) is 12.7 Å². The average molecular weight is 377 g/mol. The smallest absolute Gasteiger partial charge is 0.353 e. The number of hydrogen-bond donors (Lipinski definition) is 5. The number of aliphatic hydroxyl groups is 3. The maximum absolute atomic E-state index is 11.7. The highest BCUT2D eigenvalue weighted by Crippen LogP contribution is 2.41. The Balaban J connectivity index is 1.78. The lowest BCUT2D eigenvalue weighted by Gasteiger charge is -2.18. The number of aromatic nitrogens is 4. The molecule has 0 bridgehead atoms. The minimum atomic E-state index is -4.10. The molecule has 6 N–H and O–H groups in total. The Morgan fingerprint density at radius 2 is 2.04 bits per heavy atom. The molecule has 2 heterocycles. The van der Waals surface area contributed by atoms with Crippen LogP contribution in [0.25, 0.3) is 11.2 Å². The van der Waals surface area contributed by atoms with Crippen LogP contribution in [0, 0.1) is 0 Å². The number of fused-ring (bicyclic) bond motifs is 1. The predicted octanol–water partition coefficient (Wildman–Crippen LogP) is -1.70. The largest absolute Gasteiger partial charge is 0.394 e. The number of nitrogens with two attached hydrogens (primary N) is 1. The summed E-state index contributed by atoms with van der Waals surface area (Å²) in [5.74, 6) is 0.251. The molecule has 0 aliphatic carbocycles. The molecule has 12 nitrogen and oxygen atoms in total. The fourth-order valence-electron chi connectivity index (χ4n) is 1.87. The molecule has 0 aliphatic heterocycles. The number of ether oxygens (including phenoxy) is 1. The number of rotatable bonds is 10. The molecule has 140 valence electrons. The minimum Gasteiger partial charge on any atom is -0.394 e. The standard InChI is InChI=1S/C12H20N5O7P/c13-11-10-12(15-5-14-11)17(6-16-10)1-2-23-7-25(21,22)24-4-9(20)8(19)3-18/h5-6,8-9,18-20H,1-4,7H2,(H,21,22)(H2,13,14,15). The van der Waals surface area contributed by atoms with Crippen LogP contribution >= 0.6 is 7.60 Å². The average Bonchev–Trinajstić information content (AvgIpc) is 3.00. The molecule has 2 aromatic rings. The molecule has 13 heteroatoms. The van der Waals surface area contributed by atoms with Crippen molar-refractivity contribution in [3.05, 3.63) is 12.7 Å². The van der Waals surface area contributed by atoms with E-state index >= 15 is 0 Å². The van der Waals surface area contributed by atoms with E-state index in [4.69, 9.17) is 20.7 Å². The molecule has 2 aromatic heterocycles. The van der Waals surface area contributed by atoms with E-state index in [1.807, 2.05) is 0 Å². The highest BCUT2D eigenvalue weighted by Gasteiger charge is 2.24. The molecule has 3 atom stereocenters. The Bertz CT molecular complexity index is 742. The van der Waals surface area contributed by atoms with Gasteiger partial charge in [-0.05, 0) is 0 Å². The highest BCUT2D eigenvalue weighted by molar-refractivity contribution is 7.52. The zero-order valence-corrected chi connectivity index (χ0v) is 14.1. The Morgan fingerprint density at radius 1 is 1.28 bits per heavy atom. The Labute approximate surface area is 142 Å². The van der Waals surface area contributed by atoms with E-state index in [2.05, 4.69) is 19.5 Å². The van der Waals surface area contributed by atoms with Gasteiger partial charge in [0.15, 0.2) is 11.5 Å². The maximum Gasteiger partial charge on any atom is 0.353 e. The molecule has 25 heavy (non-hydrogen) atoms. The third-order valence-electron chi connectivity index (χ3n) is 3.24. The van der Waals surface area contributed by atoms with E-state index < -0.39 is 39.4 Å². The molecular weight excluding hydrogens is 357 g/mol. The van der Waals surface area contributed by atoms with Gasteiger partial charge in [-0.1, -0.05) is 0 Å². The first-order valence-electron chi connectivity index (χ1n) is 7.26. The monoisotopic (exact) mass is 377 g/mol. The van der Waals surface area contributed by atoms with Gasteiger partial charge in [0.25, 0.3) is 0 Å². The fourth-order valence-corrected chi connectivity index (χ4v) is 2.69. The predicted molar refractivity (Wildman–Crippen MR) is 85.4 cm³/mol. The van der Waals surface area contributed by atoms with Gasteiger partial charge in [-0.2, -0.15) is 0 Å². The van der Waals surface area contributed by atoms with Gasteiger partial charge in [0.05, 0.1) is 26.1 Å². The van der Waals surface area contributed by atoms with Crippen LogP contribution in [-0.2, 0) is 20.4 Å². The van der Waals surface area contributed by atoms with Gasteiger partial charge >= 0.3 is 7.60 Å². The van der Waals surface area contributed by atoms with E-state index in [-0.39, 0.29) is 12.4 Å². The van der Waals surface area contributed by atoms with Crippen molar-refractivity contribution in [3.63, 3.8) is 0 Å². The molecule has 0 aliphatic rings. The van der Waals surface area contributed by atoms with Crippen LogP contribution in [0.4, 0.5) is 5.82 Å². The molecule has 0 saturated carbocycles. The van der Waals surface area contributed by atoms with Crippen LogP contribution < -0.4 is 5.73 Å². The molecular formula is C12H20N5O7P. The summed E-state index contributed by atoms with van der Waals surface area (Å²) >= 11 is 0. The van der Waals surface area contributed by atoms with E-state index in [0.29, 0.717) is 17.7 Å². The van der Waals surface area contributed by atoms with Crippen LogP contribution in [0.1, 0.15) is 0 Å². The molecule has 0 aromatic carbocycles. The Hall–Kier alpha value is -1.66. The lowest BCUT2D eigenvalue weighted by molar-refractivity contribution is -0.0364. The second-order valence-electron chi connectivity index (χ2n) is 5.16. The van der Waals surface area contributed by atoms with Crippen molar-refractivity contribution < 1.29 is 34.0 Å². The minimum absolute atomic E-state index is 0.0745. The summed E-state index contributed by atoms with van der Waals surface area (Å²) < 4.78 is 23.2. The highest BCUT2D eigenvalue weighted by atomic mass is 31.2. The summed E-state index contributed by atoms with van der Waals surface area (Å²) in [7, 11) is -4.10. The van der Waals surface area contributed by atoms with Crippen molar-refractivity contribution in [2.24, 2.45) is 0 Å². The molecule has 0 fully saturated rings. The lowest BCUT2D eigenvalue weighted by atomic mass is 10.2. The van der Waals surface area contributed by atoms with Crippen LogP contribution in [0.15, 0.2) is 12.7 Å². The number of aliphatic hydroxyl groups excluding tert-OH is 3. The number of nitrogens with zero attached hydrogens (tertiary/aromatic N) is 4. The summed E-state index contributed by atoms with van der Waals surface area (Å²) in [5.41, 5.74) is 6.64. The van der Waals surface area contributed by atoms with Gasteiger partial charge in [-0.3, -0.25) is 4.57 Å². The third kappa shape index (κ3) is 5.41. The van der Waals surface area contributed by atoms with Crippen molar-refractivity contribution in [3.8, 4) is 0 Å². The number of imidazole rings is 1. The third-order valence-corrected chi connectivity index (χ3v) is 4.30. The van der Waals surface area contributed by atoms with Gasteiger partial charge < -0.3 is 39.8 Å². The Morgan fingerprint density at radius 3 is 2.76 bits per heavy atom. The molecule has 0 amide bonds. The number of anilines is 1. The SMILES string of the molecule is Nc1ncnc2c1ncn2CCOCP(=O)(O)OCC(O)C(O)CO. The summed E-state index contributed by atoms with van der Waals surface area (Å²) in [4.78, 5) is 21.5. The second kappa shape index (κ2) is 8.63. The van der Waals surface area contributed by atoms with E-state index in [9.17, 15) is 14.6 Å². The first kappa shape index (κ1) is 19.7. The van der Waals surface area contributed by atoms with Gasteiger partial charge in [0.2, 0.25) is 0 Å². The van der Waals surface area contributed by atoms with Crippen LogP contribution in [0.2, 0.25) is 0 Å². The first-order valence-corrected chi connectivity index (χ1v) is 9.02. The van der Waals surface area contributed by atoms with Gasteiger partial charge in [0.1, 0.15) is 30.4 Å². The zero-order valence-electron chi connectivity index (χ0n) is 13.2. The number of nitrogen functional groups attached to an aromatic ring is 1. The molecule has 0 saturated heterocycles. The summed E-state index contributed by atoms with van der Waals surface area (Å²) in [6.45, 7) is -0.922. The van der Waals surface area contributed by atoms with Crippen molar-refractivity contribution in [1.82, 2.24) is 19.5 Å². The zero-order chi connectivity index (χ0) is 18.4. The van der Waals surface area contributed by atoms with Crippen molar-refractivity contribution in [2.45, 2.75) is 18.8 Å². The summed E-state index contributed by atoms with van der Waals surface area (Å²) in [6.07, 6.45) is -0.726. The maximum atomic E-state index is 11.7. The van der Waals surface area contributed by atoms with Crippen LogP contribution in [0.5, 0.6) is 0 Å². The van der Waals surface area contributed by atoms with Crippen molar-refractivity contribution >= 4 is 24.6 Å². The molecule has 0 spiro atoms. The normalized spacial score (nSPS) is 16.6. The van der Waals surface area contributed by atoms with Gasteiger partial charge in [0, 0.05) is 6.54 Å². The van der Waals surface area contributed by atoms with Crippen LogP contribution in [0.3, 0.4) is 0 Å². The fraction of sp³-hybridized carbons (Fsp3) is 0.583.